The Hall–Kier alpha value is -1.98. The first-order chi connectivity index (χ1) is 10.3. The predicted molar refractivity (Wildman–Crippen MR) is 90.7 cm³/mol. The molecule has 0 aliphatic rings. The van der Waals surface area contributed by atoms with E-state index in [1.807, 2.05) is 47.1 Å². The number of carbonyl (C=O) groups excluding carboxylic acids is 1. The van der Waals surface area contributed by atoms with Gasteiger partial charge in [0.15, 0.2) is 5.96 Å². The van der Waals surface area contributed by atoms with Crippen molar-refractivity contribution in [2.24, 2.45) is 17.5 Å². The molecule has 1 rings (SSSR count). The first kappa shape index (κ1) is 18.1. The molecule has 0 bridgehead atoms. The zero-order valence-corrected chi connectivity index (χ0v) is 14.6. The van der Waals surface area contributed by atoms with E-state index >= 15 is 0 Å². The minimum Gasteiger partial charge on any atom is -0.354 e. The Morgan fingerprint density at radius 1 is 1.32 bits per heavy atom. The Kier molecular flexibility index (Phi) is 6.46. The summed E-state index contributed by atoms with van der Waals surface area (Å²) in [6.45, 7) is 7.71. The highest BCUT2D eigenvalue weighted by atomic mass is 16.2. The summed E-state index contributed by atoms with van der Waals surface area (Å²) in [4.78, 5) is 18.1. The summed E-state index contributed by atoms with van der Waals surface area (Å²) in [5.41, 5.74) is 0.858. The lowest BCUT2D eigenvalue weighted by atomic mass is 9.96. The number of nitrogens with zero attached hydrogens (tertiary/aromatic N) is 3. The molecule has 0 fully saturated rings. The second-order valence-electron chi connectivity index (χ2n) is 6.45. The van der Waals surface area contributed by atoms with Gasteiger partial charge >= 0.3 is 0 Å². The van der Waals surface area contributed by atoms with Crippen molar-refractivity contribution < 1.29 is 4.79 Å². The van der Waals surface area contributed by atoms with Gasteiger partial charge in [-0.3, -0.25) is 9.79 Å². The van der Waals surface area contributed by atoms with Crippen molar-refractivity contribution in [1.29, 1.82) is 0 Å². The van der Waals surface area contributed by atoms with E-state index in [9.17, 15) is 4.79 Å². The van der Waals surface area contributed by atoms with E-state index in [-0.39, 0.29) is 11.3 Å². The lowest BCUT2D eigenvalue weighted by Gasteiger charge is -2.23. The van der Waals surface area contributed by atoms with E-state index in [0.29, 0.717) is 13.1 Å². The zero-order valence-electron chi connectivity index (χ0n) is 14.6. The van der Waals surface area contributed by atoms with Gasteiger partial charge in [0, 0.05) is 51.5 Å². The van der Waals surface area contributed by atoms with Crippen molar-refractivity contribution in [2.75, 3.05) is 27.2 Å². The topological polar surface area (TPSA) is 61.7 Å². The number of aryl methyl sites for hydroxylation is 1. The van der Waals surface area contributed by atoms with Crippen molar-refractivity contribution in [2.45, 2.75) is 27.3 Å². The summed E-state index contributed by atoms with van der Waals surface area (Å²) in [5.74, 6) is 0.868. The molecule has 0 atom stereocenters. The van der Waals surface area contributed by atoms with Crippen LogP contribution in [0.1, 0.15) is 26.5 Å². The fraction of sp³-hybridized carbons (Fsp3) is 0.625. The number of aliphatic imine (C=N–C) groups is 1. The molecule has 0 saturated carbocycles. The Labute approximate surface area is 133 Å². The molecule has 1 amide bonds. The molecule has 22 heavy (non-hydrogen) atoms. The Morgan fingerprint density at radius 3 is 2.45 bits per heavy atom. The van der Waals surface area contributed by atoms with Crippen molar-refractivity contribution in [3.05, 3.63) is 24.0 Å². The molecule has 1 aromatic rings. The van der Waals surface area contributed by atoms with Crippen LogP contribution in [0.2, 0.25) is 0 Å². The average Bonchev–Trinajstić information content (AvgIpc) is 2.82. The van der Waals surface area contributed by atoms with E-state index in [4.69, 9.17) is 0 Å². The largest absolute Gasteiger partial charge is 0.354 e. The fourth-order valence-electron chi connectivity index (χ4n) is 1.98. The number of hydrogen-bond acceptors (Lipinski definition) is 2. The van der Waals surface area contributed by atoms with Crippen LogP contribution in [0, 0.1) is 5.41 Å². The highest BCUT2D eigenvalue weighted by Gasteiger charge is 2.20. The minimum atomic E-state index is -0.356. The molecule has 1 heterocycles. The van der Waals surface area contributed by atoms with E-state index in [1.54, 1.807) is 7.05 Å². The summed E-state index contributed by atoms with van der Waals surface area (Å²) >= 11 is 0. The van der Waals surface area contributed by atoms with Gasteiger partial charge in [-0.05, 0) is 12.1 Å². The van der Waals surface area contributed by atoms with Gasteiger partial charge in [0.1, 0.15) is 0 Å². The van der Waals surface area contributed by atoms with Gasteiger partial charge in [-0.2, -0.15) is 0 Å². The Bertz CT molecular complexity index is 513. The summed E-state index contributed by atoms with van der Waals surface area (Å²) < 4.78 is 2.09. The SMILES string of the molecule is CN=C(NCCNC(=O)C(C)(C)C)N(C)Cc1cccn1C. The van der Waals surface area contributed by atoms with Crippen LogP contribution in [0.5, 0.6) is 0 Å². The van der Waals surface area contributed by atoms with Crippen molar-refractivity contribution in [3.8, 4) is 0 Å². The lowest BCUT2D eigenvalue weighted by molar-refractivity contribution is -0.128. The molecule has 0 unspecified atom stereocenters. The highest BCUT2D eigenvalue weighted by molar-refractivity contribution is 5.81. The number of nitrogens with one attached hydrogen (secondary N) is 2. The molecule has 124 valence electrons. The normalized spacial score (nSPS) is 12.2. The van der Waals surface area contributed by atoms with Crippen molar-refractivity contribution in [1.82, 2.24) is 20.1 Å². The summed E-state index contributed by atoms with van der Waals surface area (Å²) in [5, 5.41) is 6.18. The highest BCUT2D eigenvalue weighted by Crippen LogP contribution is 2.11. The maximum Gasteiger partial charge on any atom is 0.225 e. The van der Waals surface area contributed by atoms with E-state index in [0.717, 1.165) is 12.5 Å². The van der Waals surface area contributed by atoms with Gasteiger partial charge < -0.3 is 20.1 Å². The van der Waals surface area contributed by atoms with Crippen LogP contribution in [-0.2, 0) is 18.4 Å². The predicted octanol–water partition coefficient (Wildman–Crippen LogP) is 1.19. The summed E-state index contributed by atoms with van der Waals surface area (Å²) in [6.07, 6.45) is 2.03. The standard InChI is InChI=1S/C16H29N5O/c1-16(2,3)14(22)18-9-10-19-15(17-4)21(6)12-13-8-7-11-20(13)5/h7-8,11H,9-10,12H2,1-6H3,(H,17,19)(H,18,22). The summed E-state index contributed by atoms with van der Waals surface area (Å²) in [7, 11) is 5.79. The number of amides is 1. The molecule has 0 aliphatic heterocycles. The first-order valence-electron chi connectivity index (χ1n) is 7.56. The third-order valence-electron chi connectivity index (χ3n) is 3.40. The number of guanidine groups is 1. The van der Waals surface area contributed by atoms with E-state index in [2.05, 4.69) is 31.2 Å². The fourth-order valence-corrected chi connectivity index (χ4v) is 1.98. The van der Waals surface area contributed by atoms with Gasteiger partial charge in [0.25, 0.3) is 0 Å². The molecule has 0 aliphatic carbocycles. The molecule has 0 spiro atoms. The molecule has 6 heteroatoms. The third-order valence-corrected chi connectivity index (χ3v) is 3.40. The first-order valence-corrected chi connectivity index (χ1v) is 7.56. The lowest BCUT2D eigenvalue weighted by Crippen LogP contribution is -2.44. The van der Waals surface area contributed by atoms with E-state index in [1.165, 1.54) is 5.69 Å². The van der Waals surface area contributed by atoms with Gasteiger partial charge in [0.05, 0.1) is 6.54 Å². The molecular formula is C16H29N5O. The smallest absolute Gasteiger partial charge is 0.225 e. The molecule has 0 saturated heterocycles. The Balaban J connectivity index is 2.39. The van der Waals surface area contributed by atoms with Crippen LogP contribution in [-0.4, -0.2) is 48.5 Å². The molecule has 0 radical (unpaired) electrons. The second-order valence-corrected chi connectivity index (χ2v) is 6.45. The van der Waals surface area contributed by atoms with Crippen LogP contribution in [0.4, 0.5) is 0 Å². The third kappa shape index (κ3) is 5.42. The van der Waals surface area contributed by atoms with Gasteiger partial charge in [0.2, 0.25) is 5.91 Å². The average molecular weight is 307 g/mol. The van der Waals surface area contributed by atoms with Crippen LogP contribution in [0.25, 0.3) is 0 Å². The van der Waals surface area contributed by atoms with Crippen LogP contribution in [0.3, 0.4) is 0 Å². The maximum absolute atomic E-state index is 11.8. The summed E-state index contributed by atoms with van der Waals surface area (Å²) in [6, 6.07) is 4.12. The van der Waals surface area contributed by atoms with Crippen LogP contribution < -0.4 is 10.6 Å². The molecular weight excluding hydrogens is 278 g/mol. The number of hydrogen-bond donors (Lipinski definition) is 2. The van der Waals surface area contributed by atoms with Gasteiger partial charge in [-0.15, -0.1) is 0 Å². The monoisotopic (exact) mass is 307 g/mol. The number of rotatable bonds is 5. The van der Waals surface area contributed by atoms with E-state index < -0.39 is 0 Å². The number of aromatic nitrogens is 1. The Morgan fingerprint density at radius 2 is 1.95 bits per heavy atom. The van der Waals surface area contributed by atoms with Crippen molar-refractivity contribution in [3.63, 3.8) is 0 Å². The molecule has 2 N–H and O–H groups in total. The quantitative estimate of drug-likeness (QED) is 0.488. The molecule has 6 nitrogen and oxygen atoms in total. The van der Waals surface area contributed by atoms with Crippen LogP contribution in [0.15, 0.2) is 23.3 Å². The van der Waals surface area contributed by atoms with Gasteiger partial charge in [-0.1, -0.05) is 20.8 Å². The molecule has 1 aromatic heterocycles. The maximum atomic E-state index is 11.8. The second kappa shape index (κ2) is 7.87. The van der Waals surface area contributed by atoms with Crippen molar-refractivity contribution >= 4 is 11.9 Å². The van der Waals surface area contributed by atoms with Crippen LogP contribution >= 0.6 is 0 Å². The van der Waals surface area contributed by atoms with Gasteiger partial charge in [-0.25, -0.2) is 0 Å². The molecule has 0 aromatic carbocycles. The zero-order chi connectivity index (χ0) is 16.8. The minimum absolute atomic E-state index is 0.0569. The number of carbonyl (C=O) groups is 1.